The zero-order valence-corrected chi connectivity index (χ0v) is 15.2. The van der Waals surface area contributed by atoms with E-state index in [2.05, 4.69) is 49.2 Å². The summed E-state index contributed by atoms with van der Waals surface area (Å²) >= 11 is 0. The van der Waals surface area contributed by atoms with Gasteiger partial charge in [0.2, 0.25) is 0 Å². The third-order valence-corrected chi connectivity index (χ3v) is 4.41. The van der Waals surface area contributed by atoms with Gasteiger partial charge in [0.15, 0.2) is 0 Å². The maximum atomic E-state index is 9.76. The Morgan fingerprint density at radius 2 is 2.08 bits per heavy atom. The molecule has 0 bridgehead atoms. The average molecular weight is 337 g/mol. The van der Waals surface area contributed by atoms with Crippen LogP contribution in [-0.4, -0.2) is 22.4 Å². The van der Waals surface area contributed by atoms with Crippen LogP contribution in [0, 0.1) is 11.8 Å². The summed E-state index contributed by atoms with van der Waals surface area (Å²) in [5.41, 5.74) is 4.21. The average Bonchev–Trinajstić information content (AvgIpc) is 2.79. The molecule has 1 atom stereocenters. The normalized spacial score (nSPS) is 21.6. The monoisotopic (exact) mass is 337 g/mol. The molecule has 0 saturated heterocycles. The van der Waals surface area contributed by atoms with Crippen LogP contribution < -0.4 is 5.32 Å². The van der Waals surface area contributed by atoms with Crippen molar-refractivity contribution < 1.29 is 5.11 Å². The van der Waals surface area contributed by atoms with Crippen molar-refractivity contribution in [2.24, 2.45) is 16.8 Å². The Kier molecular flexibility index (Phi) is 5.39. The SMILES string of the molecule is CC(C)CN=C1NC=CN2C1=CCC(C)C=C2c1ccccc1CO. The lowest BCUT2D eigenvalue weighted by Crippen LogP contribution is -2.34. The molecule has 2 heterocycles. The lowest BCUT2D eigenvalue weighted by atomic mass is 10.0. The maximum Gasteiger partial charge on any atom is 0.149 e. The van der Waals surface area contributed by atoms with Gasteiger partial charge in [-0.25, -0.2) is 0 Å². The molecule has 2 N–H and O–H groups in total. The highest BCUT2D eigenvalue weighted by Crippen LogP contribution is 2.33. The van der Waals surface area contributed by atoms with Gasteiger partial charge < -0.3 is 15.3 Å². The molecule has 132 valence electrons. The summed E-state index contributed by atoms with van der Waals surface area (Å²) in [5, 5.41) is 13.1. The Balaban J connectivity index is 2.05. The molecule has 0 saturated carbocycles. The Bertz CT molecular complexity index is 743. The quantitative estimate of drug-likeness (QED) is 0.877. The van der Waals surface area contributed by atoms with Crippen LogP contribution in [0.4, 0.5) is 0 Å². The van der Waals surface area contributed by atoms with E-state index in [4.69, 9.17) is 4.99 Å². The molecule has 0 radical (unpaired) electrons. The first-order valence-electron chi connectivity index (χ1n) is 8.98. The number of rotatable bonds is 4. The number of aliphatic hydroxyl groups is 1. The number of allylic oxidation sites excluding steroid dienone is 2. The molecule has 2 aliphatic heterocycles. The Hall–Kier alpha value is -2.33. The first kappa shape index (κ1) is 17.5. The van der Waals surface area contributed by atoms with Gasteiger partial charge in [0.1, 0.15) is 5.84 Å². The number of aliphatic hydroxyl groups excluding tert-OH is 1. The second kappa shape index (κ2) is 7.70. The van der Waals surface area contributed by atoms with Crippen LogP contribution in [0.15, 0.2) is 59.5 Å². The first-order valence-corrected chi connectivity index (χ1v) is 8.98. The van der Waals surface area contributed by atoms with E-state index in [1.165, 1.54) is 0 Å². The molecule has 4 heteroatoms. The number of aliphatic imine (C=N–C) groups is 1. The van der Waals surface area contributed by atoms with Gasteiger partial charge in [-0.15, -0.1) is 0 Å². The van der Waals surface area contributed by atoms with Gasteiger partial charge in [-0.3, -0.25) is 4.99 Å². The Morgan fingerprint density at radius 3 is 2.84 bits per heavy atom. The van der Waals surface area contributed by atoms with Gasteiger partial charge in [-0.05, 0) is 23.8 Å². The van der Waals surface area contributed by atoms with E-state index < -0.39 is 0 Å². The number of amidine groups is 1. The van der Waals surface area contributed by atoms with Crippen molar-refractivity contribution in [2.45, 2.75) is 33.8 Å². The molecule has 4 nitrogen and oxygen atoms in total. The van der Waals surface area contributed by atoms with Crippen molar-refractivity contribution in [3.63, 3.8) is 0 Å². The van der Waals surface area contributed by atoms with Crippen LogP contribution in [0.3, 0.4) is 0 Å². The third-order valence-electron chi connectivity index (χ3n) is 4.41. The molecular formula is C21H27N3O. The van der Waals surface area contributed by atoms with E-state index in [-0.39, 0.29) is 6.61 Å². The van der Waals surface area contributed by atoms with E-state index in [9.17, 15) is 5.11 Å². The van der Waals surface area contributed by atoms with E-state index in [0.29, 0.717) is 11.8 Å². The van der Waals surface area contributed by atoms with Crippen molar-refractivity contribution in [1.29, 1.82) is 0 Å². The molecule has 0 aromatic heterocycles. The topological polar surface area (TPSA) is 47.9 Å². The fraction of sp³-hybridized carbons (Fsp3) is 0.381. The standard InChI is InChI=1S/C21H27N3O/c1-15(2)13-23-21-19-9-8-16(3)12-20(24(19)11-10-22-21)18-7-5-4-6-17(18)14-25/h4-7,9-12,15-16,25H,8,13-14H2,1-3H3,(H,22,23). The molecule has 1 aromatic carbocycles. The molecule has 0 amide bonds. The number of benzene rings is 1. The number of hydrogen-bond donors (Lipinski definition) is 2. The minimum atomic E-state index is 0.0328. The molecule has 1 unspecified atom stereocenters. The smallest absolute Gasteiger partial charge is 0.149 e. The third kappa shape index (κ3) is 3.85. The largest absolute Gasteiger partial charge is 0.392 e. The van der Waals surface area contributed by atoms with Crippen LogP contribution >= 0.6 is 0 Å². The summed E-state index contributed by atoms with van der Waals surface area (Å²) in [5.74, 6) is 1.85. The summed E-state index contributed by atoms with van der Waals surface area (Å²) in [4.78, 5) is 6.96. The molecule has 0 spiro atoms. The summed E-state index contributed by atoms with van der Waals surface area (Å²) < 4.78 is 0. The van der Waals surface area contributed by atoms with Gasteiger partial charge in [-0.1, -0.05) is 57.2 Å². The van der Waals surface area contributed by atoms with Crippen molar-refractivity contribution in [3.05, 3.63) is 65.6 Å². The molecule has 1 aromatic rings. The molecule has 3 rings (SSSR count). The van der Waals surface area contributed by atoms with E-state index in [0.717, 1.165) is 41.3 Å². The highest BCUT2D eigenvalue weighted by molar-refractivity contribution is 6.01. The molecule has 0 aliphatic carbocycles. The van der Waals surface area contributed by atoms with Crippen molar-refractivity contribution in [3.8, 4) is 0 Å². The summed E-state index contributed by atoms with van der Waals surface area (Å²) in [6.07, 6.45) is 9.48. The predicted octanol–water partition coefficient (Wildman–Crippen LogP) is 3.87. The van der Waals surface area contributed by atoms with Gasteiger partial charge in [-0.2, -0.15) is 0 Å². The highest BCUT2D eigenvalue weighted by atomic mass is 16.3. The van der Waals surface area contributed by atoms with Gasteiger partial charge in [0, 0.05) is 30.2 Å². The van der Waals surface area contributed by atoms with Crippen LogP contribution in [0.1, 0.15) is 38.3 Å². The van der Waals surface area contributed by atoms with Gasteiger partial charge >= 0.3 is 0 Å². The van der Waals surface area contributed by atoms with Crippen molar-refractivity contribution >= 4 is 11.5 Å². The van der Waals surface area contributed by atoms with Crippen LogP contribution in [0.2, 0.25) is 0 Å². The fourth-order valence-corrected chi connectivity index (χ4v) is 3.11. The van der Waals surface area contributed by atoms with E-state index in [1.54, 1.807) is 0 Å². The Labute approximate surface area is 150 Å². The molecule has 25 heavy (non-hydrogen) atoms. The summed E-state index contributed by atoms with van der Waals surface area (Å²) in [6.45, 7) is 7.40. The molecule has 0 fully saturated rings. The first-order chi connectivity index (χ1) is 12.1. The number of nitrogens with zero attached hydrogens (tertiary/aromatic N) is 2. The number of hydrogen-bond acceptors (Lipinski definition) is 3. The fourth-order valence-electron chi connectivity index (χ4n) is 3.11. The predicted molar refractivity (Wildman–Crippen MR) is 103 cm³/mol. The minimum Gasteiger partial charge on any atom is -0.392 e. The van der Waals surface area contributed by atoms with Crippen molar-refractivity contribution in [1.82, 2.24) is 10.2 Å². The van der Waals surface area contributed by atoms with Gasteiger partial charge in [0.25, 0.3) is 0 Å². The van der Waals surface area contributed by atoms with E-state index in [1.807, 2.05) is 30.6 Å². The minimum absolute atomic E-state index is 0.0328. The second-order valence-corrected chi connectivity index (χ2v) is 7.08. The maximum absolute atomic E-state index is 9.76. The van der Waals surface area contributed by atoms with Crippen molar-refractivity contribution in [2.75, 3.05) is 6.54 Å². The number of fused-ring (bicyclic) bond motifs is 1. The van der Waals surface area contributed by atoms with Crippen LogP contribution in [0.5, 0.6) is 0 Å². The molecule has 2 aliphatic rings. The Morgan fingerprint density at radius 1 is 1.28 bits per heavy atom. The number of nitrogens with one attached hydrogen (secondary N) is 1. The lowest BCUT2D eigenvalue weighted by Gasteiger charge is -2.31. The summed E-state index contributed by atoms with van der Waals surface area (Å²) in [6, 6.07) is 8.05. The lowest BCUT2D eigenvalue weighted by molar-refractivity contribution is 0.281. The summed E-state index contributed by atoms with van der Waals surface area (Å²) in [7, 11) is 0. The van der Waals surface area contributed by atoms with Gasteiger partial charge in [0.05, 0.1) is 12.3 Å². The van der Waals surface area contributed by atoms with E-state index >= 15 is 0 Å². The zero-order valence-electron chi connectivity index (χ0n) is 15.2. The van der Waals surface area contributed by atoms with Crippen LogP contribution in [0.25, 0.3) is 5.70 Å². The zero-order chi connectivity index (χ0) is 17.8. The second-order valence-electron chi connectivity index (χ2n) is 7.08. The van der Waals surface area contributed by atoms with Crippen LogP contribution in [-0.2, 0) is 6.61 Å². The highest BCUT2D eigenvalue weighted by Gasteiger charge is 2.25. The molecular weight excluding hydrogens is 310 g/mol.